The van der Waals surface area contributed by atoms with Gasteiger partial charge in [-0.25, -0.2) is 0 Å². The number of nitrogens with one attached hydrogen (secondary N) is 1. The summed E-state index contributed by atoms with van der Waals surface area (Å²) in [5.74, 6) is 0. The number of anilines is 1. The van der Waals surface area contributed by atoms with Gasteiger partial charge in [0.2, 0.25) is 0 Å². The number of para-hydroxylation sites is 1. The highest BCUT2D eigenvalue weighted by Crippen LogP contribution is 2.30. The van der Waals surface area contributed by atoms with Gasteiger partial charge in [-0.1, -0.05) is 23.7 Å². The second-order valence-electron chi connectivity index (χ2n) is 3.22. The van der Waals surface area contributed by atoms with E-state index in [9.17, 15) is 0 Å². The lowest BCUT2D eigenvalue weighted by atomic mass is 10.0. The lowest BCUT2D eigenvalue weighted by Gasteiger charge is -2.25. The van der Waals surface area contributed by atoms with E-state index in [4.69, 9.17) is 16.3 Å². The molecule has 1 aliphatic rings. The summed E-state index contributed by atoms with van der Waals surface area (Å²) in [5, 5.41) is 4.07. The van der Waals surface area contributed by atoms with E-state index in [2.05, 4.69) is 11.4 Å². The van der Waals surface area contributed by atoms with Crippen molar-refractivity contribution in [3.8, 4) is 0 Å². The second-order valence-corrected chi connectivity index (χ2v) is 3.62. The van der Waals surface area contributed by atoms with Crippen molar-refractivity contribution in [1.82, 2.24) is 0 Å². The Bertz CT molecular complexity index is 314. The highest BCUT2D eigenvalue weighted by atomic mass is 35.5. The predicted octanol–water partition coefficient (Wildman–Crippen LogP) is 2.32. The van der Waals surface area contributed by atoms with Crippen molar-refractivity contribution in [3.05, 3.63) is 28.8 Å². The van der Waals surface area contributed by atoms with Gasteiger partial charge in [0.05, 0.1) is 16.8 Å². The number of methoxy groups -OCH3 is 1. The molecule has 1 atom stereocenters. The number of halogens is 1. The molecule has 1 heterocycles. The Kier molecular flexibility index (Phi) is 2.42. The maximum absolute atomic E-state index is 6.03. The van der Waals surface area contributed by atoms with Crippen molar-refractivity contribution in [2.75, 3.05) is 19.0 Å². The summed E-state index contributed by atoms with van der Waals surface area (Å²) in [4.78, 5) is 0. The Morgan fingerprint density at radius 1 is 1.54 bits per heavy atom. The van der Waals surface area contributed by atoms with Gasteiger partial charge in [0.15, 0.2) is 0 Å². The highest BCUT2D eigenvalue weighted by Gasteiger charge is 2.18. The number of ether oxygens (including phenoxy) is 1. The van der Waals surface area contributed by atoms with Crippen molar-refractivity contribution >= 4 is 17.3 Å². The minimum atomic E-state index is 0.269. The van der Waals surface area contributed by atoms with Gasteiger partial charge in [-0.15, -0.1) is 0 Å². The van der Waals surface area contributed by atoms with E-state index in [0.29, 0.717) is 0 Å². The van der Waals surface area contributed by atoms with Gasteiger partial charge in [-0.2, -0.15) is 0 Å². The van der Waals surface area contributed by atoms with Crippen LogP contribution in [0.2, 0.25) is 5.02 Å². The normalized spacial score (nSPS) is 20.6. The van der Waals surface area contributed by atoms with Crippen molar-refractivity contribution in [3.63, 3.8) is 0 Å². The van der Waals surface area contributed by atoms with Crippen molar-refractivity contribution in [2.45, 2.75) is 12.5 Å². The first kappa shape index (κ1) is 8.85. The standard InChI is InChI=1S/C10H12ClNO/c1-13-8-5-7-3-2-4-9(11)10(7)12-6-8/h2-4,8,12H,5-6H2,1H3. The summed E-state index contributed by atoms with van der Waals surface area (Å²) in [6.45, 7) is 0.841. The molecular formula is C10H12ClNO. The zero-order valence-corrected chi connectivity index (χ0v) is 8.27. The van der Waals surface area contributed by atoms with Crippen LogP contribution in [-0.4, -0.2) is 19.8 Å². The molecule has 0 saturated carbocycles. The van der Waals surface area contributed by atoms with Crippen LogP contribution >= 0.6 is 11.6 Å². The van der Waals surface area contributed by atoms with Crippen LogP contribution in [0.4, 0.5) is 5.69 Å². The van der Waals surface area contributed by atoms with Gasteiger partial charge in [-0.3, -0.25) is 0 Å². The molecule has 0 saturated heterocycles. The Balaban J connectivity index is 2.31. The van der Waals surface area contributed by atoms with Crippen molar-refractivity contribution in [1.29, 1.82) is 0 Å². The topological polar surface area (TPSA) is 21.3 Å². The molecular weight excluding hydrogens is 186 g/mol. The molecule has 0 fully saturated rings. The van der Waals surface area contributed by atoms with Crippen LogP contribution in [0, 0.1) is 0 Å². The van der Waals surface area contributed by atoms with E-state index in [1.165, 1.54) is 5.56 Å². The lowest BCUT2D eigenvalue weighted by molar-refractivity contribution is 0.111. The first-order chi connectivity index (χ1) is 6.31. The van der Waals surface area contributed by atoms with E-state index in [-0.39, 0.29) is 6.10 Å². The molecule has 0 aromatic heterocycles. The van der Waals surface area contributed by atoms with Crippen molar-refractivity contribution < 1.29 is 4.74 Å². The number of fused-ring (bicyclic) bond motifs is 1. The summed E-state index contributed by atoms with van der Waals surface area (Å²) in [5.41, 5.74) is 2.31. The molecule has 0 spiro atoms. The first-order valence-electron chi connectivity index (χ1n) is 4.35. The molecule has 0 bridgehead atoms. The quantitative estimate of drug-likeness (QED) is 0.746. The fraction of sp³-hybridized carbons (Fsp3) is 0.400. The third kappa shape index (κ3) is 1.64. The second kappa shape index (κ2) is 3.56. The first-order valence-corrected chi connectivity index (χ1v) is 4.73. The average molecular weight is 198 g/mol. The molecule has 1 N–H and O–H groups in total. The van der Waals surface area contributed by atoms with E-state index < -0.39 is 0 Å². The smallest absolute Gasteiger partial charge is 0.0784 e. The summed E-state index contributed by atoms with van der Waals surface area (Å²) >= 11 is 6.03. The lowest BCUT2D eigenvalue weighted by Crippen LogP contribution is -2.29. The van der Waals surface area contributed by atoms with Gasteiger partial charge in [0.1, 0.15) is 0 Å². The van der Waals surface area contributed by atoms with Gasteiger partial charge >= 0.3 is 0 Å². The van der Waals surface area contributed by atoms with E-state index in [0.717, 1.165) is 23.7 Å². The molecule has 2 nitrogen and oxygen atoms in total. The molecule has 0 radical (unpaired) electrons. The third-order valence-electron chi connectivity index (χ3n) is 2.39. The SMILES string of the molecule is COC1CNc2c(Cl)cccc2C1. The monoisotopic (exact) mass is 197 g/mol. The van der Waals surface area contributed by atoms with Crippen LogP contribution in [0.1, 0.15) is 5.56 Å². The molecule has 0 aliphatic carbocycles. The highest BCUT2D eigenvalue weighted by molar-refractivity contribution is 6.33. The Morgan fingerprint density at radius 2 is 2.38 bits per heavy atom. The van der Waals surface area contributed by atoms with Crippen LogP contribution in [0.15, 0.2) is 18.2 Å². The molecule has 1 aliphatic heterocycles. The maximum atomic E-state index is 6.03. The summed E-state index contributed by atoms with van der Waals surface area (Å²) < 4.78 is 5.28. The van der Waals surface area contributed by atoms with Gasteiger partial charge in [-0.05, 0) is 11.6 Å². The fourth-order valence-corrected chi connectivity index (χ4v) is 1.90. The average Bonchev–Trinajstić information content (AvgIpc) is 2.18. The summed E-state index contributed by atoms with van der Waals surface area (Å²) in [7, 11) is 1.74. The third-order valence-corrected chi connectivity index (χ3v) is 2.70. The number of hydrogen-bond acceptors (Lipinski definition) is 2. The fourth-order valence-electron chi connectivity index (χ4n) is 1.64. The van der Waals surface area contributed by atoms with E-state index in [1.54, 1.807) is 7.11 Å². The van der Waals surface area contributed by atoms with Crippen LogP contribution in [0.25, 0.3) is 0 Å². The maximum Gasteiger partial charge on any atom is 0.0784 e. The minimum Gasteiger partial charge on any atom is -0.381 e. The molecule has 1 aromatic rings. The molecule has 2 rings (SSSR count). The molecule has 3 heteroatoms. The number of hydrogen-bond donors (Lipinski definition) is 1. The Hall–Kier alpha value is -0.730. The van der Waals surface area contributed by atoms with Crippen molar-refractivity contribution in [2.24, 2.45) is 0 Å². The number of rotatable bonds is 1. The molecule has 13 heavy (non-hydrogen) atoms. The van der Waals surface area contributed by atoms with Crippen LogP contribution in [0.5, 0.6) is 0 Å². The molecule has 0 amide bonds. The summed E-state index contributed by atoms with van der Waals surface area (Å²) in [6, 6.07) is 5.96. The van der Waals surface area contributed by atoms with Crippen LogP contribution in [0.3, 0.4) is 0 Å². The number of benzene rings is 1. The zero-order valence-electron chi connectivity index (χ0n) is 7.51. The predicted molar refractivity (Wildman–Crippen MR) is 54.4 cm³/mol. The largest absolute Gasteiger partial charge is 0.381 e. The molecule has 70 valence electrons. The van der Waals surface area contributed by atoms with E-state index >= 15 is 0 Å². The summed E-state index contributed by atoms with van der Waals surface area (Å²) in [6.07, 6.45) is 1.21. The Labute approximate surface area is 82.9 Å². The van der Waals surface area contributed by atoms with Gasteiger partial charge in [0, 0.05) is 20.1 Å². The van der Waals surface area contributed by atoms with Crippen LogP contribution < -0.4 is 5.32 Å². The molecule has 1 aromatic carbocycles. The van der Waals surface area contributed by atoms with Gasteiger partial charge < -0.3 is 10.1 Å². The zero-order chi connectivity index (χ0) is 9.26. The van der Waals surface area contributed by atoms with E-state index in [1.807, 2.05) is 12.1 Å². The molecule has 1 unspecified atom stereocenters. The Morgan fingerprint density at radius 3 is 3.15 bits per heavy atom. The van der Waals surface area contributed by atoms with Gasteiger partial charge in [0.25, 0.3) is 0 Å². The van der Waals surface area contributed by atoms with Crippen LogP contribution in [-0.2, 0) is 11.2 Å². The minimum absolute atomic E-state index is 0.269.